The van der Waals surface area contributed by atoms with E-state index >= 15 is 0 Å². The van der Waals surface area contributed by atoms with E-state index in [2.05, 4.69) is 98.5 Å². The average Bonchev–Trinajstić information content (AvgIpc) is 3.39. The Morgan fingerprint density at radius 2 is 1.73 bits per heavy atom. The smallest absolute Gasteiger partial charge is 0.196 e. The van der Waals surface area contributed by atoms with Crippen molar-refractivity contribution in [2.24, 2.45) is 4.99 Å². The van der Waals surface area contributed by atoms with Crippen LogP contribution in [0.5, 0.6) is 0 Å². The predicted molar refractivity (Wildman–Crippen MR) is 137 cm³/mol. The lowest BCUT2D eigenvalue weighted by atomic mass is 9.87. The van der Waals surface area contributed by atoms with Gasteiger partial charge in [0.25, 0.3) is 0 Å². The second-order valence-electron chi connectivity index (χ2n) is 9.64. The van der Waals surface area contributed by atoms with E-state index in [0.717, 1.165) is 35.6 Å². The van der Waals surface area contributed by atoms with Crippen LogP contribution in [0.2, 0.25) is 5.02 Å². The maximum Gasteiger partial charge on any atom is 0.196 e. The molecule has 3 aromatic carbocycles. The van der Waals surface area contributed by atoms with Crippen LogP contribution in [0, 0.1) is 0 Å². The van der Waals surface area contributed by atoms with Crippen LogP contribution in [-0.4, -0.2) is 30.4 Å². The second-order valence-corrected chi connectivity index (χ2v) is 10.1. The minimum absolute atomic E-state index is 0.154. The van der Waals surface area contributed by atoms with Crippen molar-refractivity contribution >= 4 is 23.5 Å². The molecule has 2 aliphatic heterocycles. The van der Waals surface area contributed by atoms with Gasteiger partial charge in [-0.05, 0) is 28.7 Å². The SMILES string of the molecule is CC(C)(C)c1ccc(/C=C/COC2(c3ccc(Cl)cc3)c3ccccc3C3=NCCN32)cc1. The van der Waals surface area contributed by atoms with Gasteiger partial charge in [-0.15, -0.1) is 0 Å². The largest absolute Gasteiger partial charge is 0.343 e. The van der Waals surface area contributed by atoms with E-state index in [9.17, 15) is 0 Å². The zero-order valence-electron chi connectivity index (χ0n) is 19.4. The minimum atomic E-state index is -0.711. The number of benzene rings is 3. The molecule has 1 atom stereocenters. The van der Waals surface area contributed by atoms with E-state index < -0.39 is 5.72 Å². The Labute approximate surface area is 201 Å². The Morgan fingerprint density at radius 1 is 1.00 bits per heavy atom. The molecule has 0 saturated carbocycles. The number of aliphatic imine (C=N–C) groups is 1. The molecule has 0 N–H and O–H groups in total. The Kier molecular flexibility index (Phi) is 5.64. The molecular formula is C29H29ClN2O. The Morgan fingerprint density at radius 3 is 2.45 bits per heavy atom. The molecule has 0 fully saturated rings. The fourth-order valence-corrected chi connectivity index (χ4v) is 4.90. The van der Waals surface area contributed by atoms with Crippen LogP contribution < -0.4 is 0 Å². The molecule has 2 heterocycles. The minimum Gasteiger partial charge on any atom is -0.343 e. The maximum absolute atomic E-state index is 6.77. The first-order valence-electron chi connectivity index (χ1n) is 11.5. The van der Waals surface area contributed by atoms with Gasteiger partial charge in [-0.3, -0.25) is 4.99 Å². The highest BCUT2D eigenvalue weighted by Gasteiger charge is 2.51. The summed E-state index contributed by atoms with van der Waals surface area (Å²) in [4.78, 5) is 7.10. The van der Waals surface area contributed by atoms with Gasteiger partial charge in [0.2, 0.25) is 0 Å². The summed E-state index contributed by atoms with van der Waals surface area (Å²) in [6, 6.07) is 25.2. The van der Waals surface area contributed by atoms with Crippen LogP contribution in [-0.2, 0) is 15.9 Å². The van der Waals surface area contributed by atoms with Crippen LogP contribution in [0.3, 0.4) is 0 Å². The number of hydrogen-bond donors (Lipinski definition) is 0. The molecule has 0 radical (unpaired) electrons. The lowest BCUT2D eigenvalue weighted by Crippen LogP contribution is -2.46. The van der Waals surface area contributed by atoms with Gasteiger partial charge >= 0.3 is 0 Å². The first kappa shape index (κ1) is 21.9. The van der Waals surface area contributed by atoms with E-state index in [1.165, 1.54) is 11.1 Å². The van der Waals surface area contributed by atoms with Gasteiger partial charge < -0.3 is 9.64 Å². The predicted octanol–water partition coefficient (Wildman–Crippen LogP) is 6.64. The number of amidine groups is 1. The summed E-state index contributed by atoms with van der Waals surface area (Å²) in [5.74, 6) is 1.02. The number of ether oxygens (including phenoxy) is 1. The van der Waals surface area contributed by atoms with Gasteiger partial charge in [0.15, 0.2) is 5.72 Å². The third-order valence-electron chi connectivity index (χ3n) is 6.46. The van der Waals surface area contributed by atoms with Crippen LogP contribution in [0.4, 0.5) is 0 Å². The molecule has 168 valence electrons. The Balaban J connectivity index is 1.46. The highest BCUT2D eigenvalue weighted by atomic mass is 35.5. The quantitative estimate of drug-likeness (QED) is 0.429. The van der Waals surface area contributed by atoms with Gasteiger partial charge in [-0.25, -0.2) is 0 Å². The molecule has 0 saturated heterocycles. The fourth-order valence-electron chi connectivity index (χ4n) is 4.78. The number of halogens is 1. The van der Waals surface area contributed by atoms with Crippen molar-refractivity contribution in [2.75, 3.05) is 19.7 Å². The van der Waals surface area contributed by atoms with Crippen LogP contribution in [0.1, 0.15) is 48.6 Å². The molecule has 0 spiro atoms. The van der Waals surface area contributed by atoms with E-state index in [1.807, 2.05) is 12.1 Å². The van der Waals surface area contributed by atoms with Gasteiger partial charge in [0.1, 0.15) is 5.84 Å². The third kappa shape index (κ3) is 3.90. The molecule has 5 rings (SSSR count). The van der Waals surface area contributed by atoms with Crippen molar-refractivity contribution in [1.29, 1.82) is 0 Å². The number of hydrogen-bond acceptors (Lipinski definition) is 3. The van der Waals surface area contributed by atoms with E-state index in [-0.39, 0.29) is 5.41 Å². The highest BCUT2D eigenvalue weighted by Crippen LogP contribution is 2.46. The van der Waals surface area contributed by atoms with Crippen LogP contribution >= 0.6 is 11.6 Å². The van der Waals surface area contributed by atoms with Crippen molar-refractivity contribution in [2.45, 2.75) is 31.9 Å². The van der Waals surface area contributed by atoms with E-state index in [0.29, 0.717) is 11.6 Å². The summed E-state index contributed by atoms with van der Waals surface area (Å²) >= 11 is 6.22. The Hall–Kier alpha value is -2.88. The summed E-state index contributed by atoms with van der Waals surface area (Å²) in [6.45, 7) is 8.77. The molecule has 0 aliphatic carbocycles. The fraction of sp³-hybridized carbons (Fsp3) is 0.276. The molecule has 0 aromatic heterocycles. The molecule has 3 aromatic rings. The lowest BCUT2D eigenvalue weighted by molar-refractivity contribution is -0.0817. The van der Waals surface area contributed by atoms with E-state index in [1.54, 1.807) is 0 Å². The molecule has 2 aliphatic rings. The zero-order chi connectivity index (χ0) is 23.1. The van der Waals surface area contributed by atoms with Gasteiger partial charge in [-0.2, -0.15) is 0 Å². The number of rotatable bonds is 5. The van der Waals surface area contributed by atoms with E-state index in [4.69, 9.17) is 21.3 Å². The molecule has 33 heavy (non-hydrogen) atoms. The molecule has 0 amide bonds. The summed E-state index contributed by atoms with van der Waals surface area (Å²) in [5.41, 5.74) is 5.29. The first-order valence-corrected chi connectivity index (χ1v) is 11.9. The molecular weight excluding hydrogens is 428 g/mol. The highest BCUT2D eigenvalue weighted by molar-refractivity contribution is 6.30. The number of nitrogens with zero attached hydrogens (tertiary/aromatic N) is 2. The summed E-state index contributed by atoms with van der Waals surface area (Å²) < 4.78 is 6.77. The van der Waals surface area contributed by atoms with Crippen molar-refractivity contribution in [1.82, 2.24) is 4.90 Å². The lowest BCUT2D eigenvalue weighted by Gasteiger charge is -2.38. The van der Waals surface area contributed by atoms with Crippen molar-refractivity contribution in [3.05, 3.63) is 112 Å². The second kappa shape index (κ2) is 8.48. The van der Waals surface area contributed by atoms with Gasteiger partial charge in [0, 0.05) is 28.3 Å². The topological polar surface area (TPSA) is 24.8 Å². The summed E-state index contributed by atoms with van der Waals surface area (Å²) in [5, 5.41) is 0.717. The van der Waals surface area contributed by atoms with Crippen LogP contribution in [0.15, 0.2) is 83.9 Å². The van der Waals surface area contributed by atoms with Crippen molar-refractivity contribution < 1.29 is 4.74 Å². The molecule has 3 nitrogen and oxygen atoms in total. The Bertz CT molecular complexity index is 1210. The monoisotopic (exact) mass is 456 g/mol. The van der Waals surface area contributed by atoms with Gasteiger partial charge in [0.05, 0.1) is 13.2 Å². The van der Waals surface area contributed by atoms with Crippen LogP contribution in [0.25, 0.3) is 6.08 Å². The normalized spacial score (nSPS) is 19.6. The first-order chi connectivity index (χ1) is 15.9. The zero-order valence-corrected chi connectivity index (χ0v) is 20.1. The van der Waals surface area contributed by atoms with Crippen molar-refractivity contribution in [3.63, 3.8) is 0 Å². The summed E-state index contributed by atoms with van der Waals surface area (Å²) in [7, 11) is 0. The van der Waals surface area contributed by atoms with Crippen molar-refractivity contribution in [3.8, 4) is 0 Å². The van der Waals surface area contributed by atoms with Gasteiger partial charge in [-0.1, -0.05) is 105 Å². The molecule has 0 bridgehead atoms. The summed E-state index contributed by atoms with van der Waals surface area (Å²) in [6.07, 6.45) is 4.22. The molecule has 4 heteroatoms. The maximum atomic E-state index is 6.77. The molecule has 1 unspecified atom stereocenters. The standard InChI is InChI=1S/C29H29ClN2O/c1-28(2,3)22-12-10-21(11-13-22)7-6-20-33-29(23-14-16-24(30)17-15-23)26-9-5-4-8-25(26)27-31-18-19-32(27)29/h4-17H,18-20H2,1-3H3/b7-6+. The average molecular weight is 457 g/mol. The third-order valence-corrected chi connectivity index (χ3v) is 6.72. The number of fused-ring (bicyclic) bond motifs is 3.